The largest absolute Gasteiger partial charge is 0.460 e. The molecule has 2 aromatic carbocycles. The molecule has 0 aliphatic heterocycles. The Hall–Kier alpha value is -2.13. The molecule has 138 valence electrons. The van der Waals surface area contributed by atoms with Crippen molar-refractivity contribution < 1.29 is 14.3 Å². The number of carbonyl (C=O) groups excluding carboxylic acids is 1. The summed E-state index contributed by atoms with van der Waals surface area (Å²) in [5.74, 6) is 0.368. The van der Waals surface area contributed by atoms with E-state index in [1.807, 2.05) is 57.2 Å². The molecular weight excluding hydrogens is 324 g/mol. The Morgan fingerprint density at radius 1 is 0.962 bits per heavy atom. The van der Waals surface area contributed by atoms with Gasteiger partial charge >= 0.3 is 5.97 Å². The maximum Gasteiger partial charge on any atom is 0.310 e. The molecule has 0 aromatic heterocycles. The summed E-state index contributed by atoms with van der Waals surface area (Å²) in [5, 5.41) is 0. The number of benzene rings is 2. The molecule has 0 N–H and O–H groups in total. The Balaban J connectivity index is 1.67. The van der Waals surface area contributed by atoms with Crippen LogP contribution in [0.25, 0.3) is 0 Å². The van der Waals surface area contributed by atoms with E-state index in [4.69, 9.17) is 9.47 Å². The minimum Gasteiger partial charge on any atom is -0.460 e. The Labute approximate surface area is 156 Å². The van der Waals surface area contributed by atoms with Gasteiger partial charge in [0.2, 0.25) is 0 Å². The quantitative estimate of drug-likeness (QED) is 0.685. The standard InChI is InChI=1S/C23H28O3/c1-16-19(20(16)22(24)26-23(2,3)4)15-25-21(17-11-7-5-8-12-17)18-13-9-6-10-14-18/h5-14,16,19-21H,15H2,1-4H3. The molecule has 0 bridgehead atoms. The predicted molar refractivity (Wildman–Crippen MR) is 103 cm³/mol. The SMILES string of the molecule is CC1C(COC(c2ccccc2)c2ccccc2)C1C(=O)OC(C)(C)C. The molecule has 0 heterocycles. The van der Waals surface area contributed by atoms with Gasteiger partial charge in [0.05, 0.1) is 12.5 Å². The molecule has 1 saturated carbocycles. The van der Waals surface area contributed by atoms with Gasteiger partial charge in [-0.15, -0.1) is 0 Å². The Kier molecular flexibility index (Phi) is 5.47. The molecule has 2 aromatic rings. The predicted octanol–water partition coefficient (Wildman–Crippen LogP) is 5.02. The number of carbonyl (C=O) groups is 1. The second kappa shape index (κ2) is 7.63. The first kappa shape index (κ1) is 18.7. The third kappa shape index (κ3) is 4.53. The molecule has 26 heavy (non-hydrogen) atoms. The average molecular weight is 352 g/mol. The number of rotatable bonds is 6. The molecular formula is C23H28O3. The van der Waals surface area contributed by atoms with E-state index < -0.39 is 5.60 Å². The van der Waals surface area contributed by atoms with Gasteiger partial charge in [-0.05, 0) is 43.7 Å². The van der Waals surface area contributed by atoms with Crippen LogP contribution in [-0.4, -0.2) is 18.2 Å². The van der Waals surface area contributed by atoms with Crippen LogP contribution in [0.3, 0.4) is 0 Å². The third-order valence-electron chi connectivity index (χ3n) is 4.90. The van der Waals surface area contributed by atoms with E-state index in [0.717, 1.165) is 11.1 Å². The highest BCUT2D eigenvalue weighted by molar-refractivity contribution is 5.76. The number of ether oxygens (including phenoxy) is 2. The van der Waals surface area contributed by atoms with E-state index in [2.05, 4.69) is 31.2 Å². The van der Waals surface area contributed by atoms with Gasteiger partial charge < -0.3 is 9.47 Å². The lowest BCUT2D eigenvalue weighted by atomic mass is 10.0. The van der Waals surface area contributed by atoms with Crippen LogP contribution < -0.4 is 0 Å². The molecule has 0 radical (unpaired) electrons. The first-order valence-electron chi connectivity index (χ1n) is 9.31. The topological polar surface area (TPSA) is 35.5 Å². The summed E-state index contributed by atoms with van der Waals surface area (Å²) in [6.45, 7) is 8.38. The Morgan fingerprint density at radius 3 is 1.92 bits per heavy atom. The van der Waals surface area contributed by atoms with Crippen LogP contribution in [0, 0.1) is 17.8 Å². The maximum absolute atomic E-state index is 12.3. The van der Waals surface area contributed by atoms with Crippen molar-refractivity contribution in [3.05, 3.63) is 71.8 Å². The second-order valence-corrected chi connectivity index (χ2v) is 8.12. The van der Waals surface area contributed by atoms with Crippen LogP contribution in [0.1, 0.15) is 44.9 Å². The summed E-state index contributed by atoms with van der Waals surface area (Å²) in [4.78, 5) is 12.3. The minimum atomic E-state index is -0.443. The van der Waals surface area contributed by atoms with Crippen LogP contribution in [0.2, 0.25) is 0 Å². The normalized spacial score (nSPS) is 22.3. The van der Waals surface area contributed by atoms with Gasteiger partial charge in [-0.3, -0.25) is 4.79 Å². The van der Waals surface area contributed by atoms with Crippen molar-refractivity contribution in [2.24, 2.45) is 17.8 Å². The van der Waals surface area contributed by atoms with Crippen LogP contribution in [0.5, 0.6) is 0 Å². The Morgan fingerprint density at radius 2 is 1.46 bits per heavy atom. The summed E-state index contributed by atoms with van der Waals surface area (Å²) < 4.78 is 11.9. The fourth-order valence-electron chi connectivity index (χ4n) is 3.41. The van der Waals surface area contributed by atoms with Crippen molar-refractivity contribution in [2.45, 2.75) is 39.4 Å². The van der Waals surface area contributed by atoms with E-state index in [0.29, 0.717) is 12.5 Å². The van der Waals surface area contributed by atoms with Crippen molar-refractivity contribution in [1.29, 1.82) is 0 Å². The zero-order valence-electron chi connectivity index (χ0n) is 16.0. The third-order valence-corrected chi connectivity index (χ3v) is 4.90. The molecule has 1 aliphatic rings. The fraction of sp³-hybridized carbons (Fsp3) is 0.435. The highest BCUT2D eigenvalue weighted by Gasteiger charge is 2.53. The van der Waals surface area contributed by atoms with E-state index in [-0.39, 0.29) is 23.9 Å². The van der Waals surface area contributed by atoms with E-state index in [9.17, 15) is 4.79 Å². The molecule has 1 aliphatic carbocycles. The smallest absolute Gasteiger partial charge is 0.310 e. The zero-order chi connectivity index (χ0) is 18.7. The lowest BCUT2D eigenvalue weighted by molar-refractivity contribution is -0.157. The average Bonchev–Trinajstić information content (AvgIpc) is 3.25. The van der Waals surface area contributed by atoms with Crippen molar-refractivity contribution in [1.82, 2.24) is 0 Å². The van der Waals surface area contributed by atoms with Crippen molar-refractivity contribution in [2.75, 3.05) is 6.61 Å². The minimum absolute atomic E-state index is 0.0542. The lowest BCUT2D eigenvalue weighted by Crippen LogP contribution is -2.25. The van der Waals surface area contributed by atoms with Crippen molar-refractivity contribution in [3.8, 4) is 0 Å². The van der Waals surface area contributed by atoms with Crippen molar-refractivity contribution >= 4 is 5.97 Å². The summed E-state index contributed by atoms with van der Waals surface area (Å²) in [5.41, 5.74) is 1.81. The summed E-state index contributed by atoms with van der Waals surface area (Å²) in [6.07, 6.45) is -0.121. The van der Waals surface area contributed by atoms with E-state index >= 15 is 0 Å². The number of hydrogen-bond donors (Lipinski definition) is 0. The first-order valence-corrected chi connectivity index (χ1v) is 9.31. The number of esters is 1. The molecule has 0 saturated heterocycles. The zero-order valence-corrected chi connectivity index (χ0v) is 16.0. The molecule has 0 amide bonds. The van der Waals surface area contributed by atoms with Gasteiger partial charge in [-0.25, -0.2) is 0 Å². The van der Waals surface area contributed by atoms with Gasteiger partial charge in [-0.1, -0.05) is 67.6 Å². The van der Waals surface area contributed by atoms with Crippen LogP contribution in [-0.2, 0) is 14.3 Å². The molecule has 1 fully saturated rings. The van der Waals surface area contributed by atoms with Crippen LogP contribution in [0.4, 0.5) is 0 Å². The molecule has 3 unspecified atom stereocenters. The highest BCUT2D eigenvalue weighted by Crippen LogP contribution is 2.48. The van der Waals surface area contributed by atoms with Gasteiger partial charge in [0, 0.05) is 0 Å². The summed E-state index contributed by atoms with van der Waals surface area (Å²) in [7, 11) is 0. The Bertz CT molecular complexity index is 679. The maximum atomic E-state index is 12.3. The van der Waals surface area contributed by atoms with E-state index in [1.54, 1.807) is 0 Å². The highest BCUT2D eigenvalue weighted by atomic mass is 16.6. The molecule has 3 atom stereocenters. The lowest BCUT2D eigenvalue weighted by Gasteiger charge is -2.20. The molecule has 3 heteroatoms. The molecule has 3 nitrogen and oxygen atoms in total. The van der Waals surface area contributed by atoms with Gasteiger partial charge in [0.1, 0.15) is 11.7 Å². The van der Waals surface area contributed by atoms with Crippen LogP contribution in [0.15, 0.2) is 60.7 Å². The van der Waals surface area contributed by atoms with Gasteiger partial charge in [-0.2, -0.15) is 0 Å². The van der Waals surface area contributed by atoms with E-state index in [1.165, 1.54) is 0 Å². The van der Waals surface area contributed by atoms with Gasteiger partial charge in [0.25, 0.3) is 0 Å². The first-order chi connectivity index (χ1) is 12.4. The summed E-state index contributed by atoms with van der Waals surface area (Å²) in [6, 6.07) is 20.4. The van der Waals surface area contributed by atoms with Crippen molar-refractivity contribution in [3.63, 3.8) is 0 Å². The second-order valence-electron chi connectivity index (χ2n) is 8.12. The summed E-state index contributed by atoms with van der Waals surface area (Å²) >= 11 is 0. The molecule has 0 spiro atoms. The van der Waals surface area contributed by atoms with Crippen LogP contribution >= 0.6 is 0 Å². The molecule has 3 rings (SSSR count). The van der Waals surface area contributed by atoms with Gasteiger partial charge in [0.15, 0.2) is 0 Å². The monoisotopic (exact) mass is 352 g/mol. The fourth-order valence-corrected chi connectivity index (χ4v) is 3.41. The number of hydrogen-bond acceptors (Lipinski definition) is 3.